The Labute approximate surface area is 70.4 Å². The topological polar surface area (TPSA) is 26.0 Å². The second kappa shape index (κ2) is 5.21. The molecule has 0 heterocycles. The van der Waals surface area contributed by atoms with E-state index in [0.717, 1.165) is 12.8 Å². The molecule has 1 unspecified atom stereocenters. The molecule has 64 valence electrons. The zero-order valence-corrected chi connectivity index (χ0v) is 7.69. The summed E-state index contributed by atoms with van der Waals surface area (Å²) in [7, 11) is 0. The summed E-state index contributed by atoms with van der Waals surface area (Å²) < 4.78 is 0. The third kappa shape index (κ3) is 5.94. The molecule has 0 fully saturated rings. The van der Waals surface area contributed by atoms with Crippen molar-refractivity contribution in [2.24, 2.45) is 5.73 Å². The van der Waals surface area contributed by atoms with Crippen molar-refractivity contribution in [3.05, 3.63) is 0 Å². The van der Waals surface area contributed by atoms with Crippen LogP contribution in [0.1, 0.15) is 46.0 Å². The standard InChI is InChI=1S/C10H19N/c1-4-6-7-8-9-10(3,11)5-2/h2H,4,6-9,11H2,1,3H3. The monoisotopic (exact) mass is 153 g/mol. The third-order valence-corrected chi connectivity index (χ3v) is 1.88. The van der Waals surface area contributed by atoms with Gasteiger partial charge in [0.1, 0.15) is 0 Å². The Kier molecular flexibility index (Phi) is 4.98. The van der Waals surface area contributed by atoms with Crippen LogP contribution in [0.15, 0.2) is 0 Å². The van der Waals surface area contributed by atoms with Gasteiger partial charge in [-0.3, -0.25) is 0 Å². The molecule has 0 aliphatic heterocycles. The predicted octanol–water partition coefficient (Wildman–Crippen LogP) is 2.31. The van der Waals surface area contributed by atoms with Crippen molar-refractivity contribution < 1.29 is 0 Å². The van der Waals surface area contributed by atoms with Crippen molar-refractivity contribution >= 4 is 0 Å². The van der Waals surface area contributed by atoms with Crippen LogP contribution >= 0.6 is 0 Å². The Morgan fingerprint density at radius 3 is 2.45 bits per heavy atom. The van der Waals surface area contributed by atoms with Gasteiger partial charge in [-0.25, -0.2) is 0 Å². The molecular formula is C10H19N. The van der Waals surface area contributed by atoms with E-state index in [0.29, 0.717) is 0 Å². The van der Waals surface area contributed by atoms with Gasteiger partial charge >= 0.3 is 0 Å². The number of hydrogen-bond donors (Lipinski definition) is 1. The lowest BCUT2D eigenvalue weighted by atomic mass is 9.96. The van der Waals surface area contributed by atoms with Crippen molar-refractivity contribution in [1.29, 1.82) is 0 Å². The van der Waals surface area contributed by atoms with Crippen molar-refractivity contribution in [2.75, 3.05) is 0 Å². The lowest BCUT2D eigenvalue weighted by Gasteiger charge is -2.16. The molecule has 0 aromatic carbocycles. The Morgan fingerprint density at radius 2 is 2.00 bits per heavy atom. The van der Waals surface area contributed by atoms with Gasteiger partial charge in [-0.15, -0.1) is 6.42 Å². The largest absolute Gasteiger partial charge is 0.315 e. The SMILES string of the molecule is C#CC(C)(N)CCCCCC. The summed E-state index contributed by atoms with van der Waals surface area (Å²) >= 11 is 0. The lowest BCUT2D eigenvalue weighted by Crippen LogP contribution is -2.33. The van der Waals surface area contributed by atoms with Gasteiger partial charge < -0.3 is 5.73 Å². The first-order valence-electron chi connectivity index (χ1n) is 4.39. The Hall–Kier alpha value is -0.480. The van der Waals surface area contributed by atoms with Crippen LogP contribution in [-0.2, 0) is 0 Å². The Bertz CT molecular complexity index is 130. The van der Waals surface area contributed by atoms with E-state index in [1.165, 1.54) is 19.3 Å². The van der Waals surface area contributed by atoms with Gasteiger partial charge in [-0.1, -0.05) is 38.5 Å². The van der Waals surface area contributed by atoms with Crippen molar-refractivity contribution in [1.82, 2.24) is 0 Å². The maximum Gasteiger partial charge on any atom is 0.0744 e. The highest BCUT2D eigenvalue weighted by molar-refractivity contribution is 5.07. The molecule has 1 atom stereocenters. The van der Waals surface area contributed by atoms with Crippen LogP contribution in [-0.4, -0.2) is 5.54 Å². The van der Waals surface area contributed by atoms with Crippen LogP contribution < -0.4 is 5.73 Å². The maximum atomic E-state index is 5.76. The number of rotatable bonds is 5. The van der Waals surface area contributed by atoms with Crippen LogP contribution in [0.2, 0.25) is 0 Å². The quantitative estimate of drug-likeness (QED) is 0.476. The Morgan fingerprint density at radius 1 is 1.36 bits per heavy atom. The molecule has 0 radical (unpaired) electrons. The van der Waals surface area contributed by atoms with E-state index in [9.17, 15) is 0 Å². The number of unbranched alkanes of at least 4 members (excludes halogenated alkanes) is 3. The molecule has 1 heteroatoms. The highest BCUT2D eigenvalue weighted by Crippen LogP contribution is 2.11. The van der Waals surface area contributed by atoms with Gasteiger partial charge in [0, 0.05) is 0 Å². The molecule has 0 aliphatic carbocycles. The van der Waals surface area contributed by atoms with Crippen molar-refractivity contribution in [3.8, 4) is 12.3 Å². The first-order valence-corrected chi connectivity index (χ1v) is 4.39. The van der Waals surface area contributed by atoms with E-state index < -0.39 is 0 Å². The zero-order valence-electron chi connectivity index (χ0n) is 7.69. The number of hydrogen-bond acceptors (Lipinski definition) is 1. The molecule has 0 aromatic rings. The van der Waals surface area contributed by atoms with Gasteiger partial charge in [0.25, 0.3) is 0 Å². The van der Waals surface area contributed by atoms with Gasteiger partial charge in [0.2, 0.25) is 0 Å². The fourth-order valence-electron chi connectivity index (χ4n) is 0.991. The highest BCUT2D eigenvalue weighted by atomic mass is 14.7. The van der Waals surface area contributed by atoms with Gasteiger partial charge in [0.15, 0.2) is 0 Å². The van der Waals surface area contributed by atoms with Crippen LogP contribution in [0, 0.1) is 12.3 Å². The van der Waals surface area contributed by atoms with E-state index in [4.69, 9.17) is 12.2 Å². The van der Waals surface area contributed by atoms with Crippen LogP contribution in [0.5, 0.6) is 0 Å². The smallest absolute Gasteiger partial charge is 0.0744 e. The third-order valence-electron chi connectivity index (χ3n) is 1.88. The fourth-order valence-corrected chi connectivity index (χ4v) is 0.991. The molecule has 11 heavy (non-hydrogen) atoms. The van der Waals surface area contributed by atoms with Gasteiger partial charge in [-0.05, 0) is 13.3 Å². The maximum absolute atomic E-state index is 5.76. The summed E-state index contributed by atoms with van der Waals surface area (Å²) in [5.74, 6) is 2.60. The minimum Gasteiger partial charge on any atom is -0.315 e. The van der Waals surface area contributed by atoms with Crippen molar-refractivity contribution in [2.45, 2.75) is 51.5 Å². The molecule has 0 bridgehead atoms. The van der Waals surface area contributed by atoms with E-state index >= 15 is 0 Å². The molecule has 0 aromatic heterocycles. The molecule has 0 aliphatic rings. The molecule has 0 saturated heterocycles. The molecule has 0 amide bonds. The zero-order chi connectivity index (χ0) is 8.74. The Balaban J connectivity index is 3.32. The van der Waals surface area contributed by atoms with E-state index in [1.807, 2.05) is 6.92 Å². The van der Waals surface area contributed by atoms with Crippen molar-refractivity contribution in [3.63, 3.8) is 0 Å². The van der Waals surface area contributed by atoms with E-state index in [2.05, 4.69) is 12.8 Å². The normalized spacial score (nSPS) is 15.5. The number of terminal acetylenes is 1. The second-order valence-electron chi connectivity index (χ2n) is 3.37. The average molecular weight is 153 g/mol. The minimum atomic E-state index is -0.381. The van der Waals surface area contributed by atoms with E-state index in [-0.39, 0.29) is 5.54 Å². The summed E-state index contributed by atoms with van der Waals surface area (Å²) in [6.45, 7) is 4.11. The molecule has 1 nitrogen and oxygen atoms in total. The van der Waals surface area contributed by atoms with Crippen LogP contribution in [0.25, 0.3) is 0 Å². The van der Waals surface area contributed by atoms with Crippen LogP contribution in [0.4, 0.5) is 0 Å². The number of nitrogens with two attached hydrogens (primary N) is 1. The summed E-state index contributed by atoms with van der Waals surface area (Å²) in [5, 5.41) is 0. The minimum absolute atomic E-state index is 0.381. The summed E-state index contributed by atoms with van der Waals surface area (Å²) in [6, 6.07) is 0. The second-order valence-corrected chi connectivity index (χ2v) is 3.37. The summed E-state index contributed by atoms with van der Waals surface area (Å²) in [4.78, 5) is 0. The first kappa shape index (κ1) is 10.5. The van der Waals surface area contributed by atoms with Gasteiger partial charge in [-0.2, -0.15) is 0 Å². The predicted molar refractivity (Wildman–Crippen MR) is 50.2 cm³/mol. The average Bonchev–Trinajstić information content (AvgIpc) is 1.99. The molecular weight excluding hydrogens is 134 g/mol. The van der Waals surface area contributed by atoms with Crippen LogP contribution in [0.3, 0.4) is 0 Å². The molecule has 2 N–H and O–H groups in total. The summed E-state index contributed by atoms with van der Waals surface area (Å²) in [6.07, 6.45) is 11.2. The molecule has 0 saturated carbocycles. The first-order chi connectivity index (χ1) is 5.12. The molecule has 0 spiro atoms. The summed E-state index contributed by atoms with van der Waals surface area (Å²) in [5.41, 5.74) is 5.38. The molecule has 0 rings (SSSR count). The van der Waals surface area contributed by atoms with Gasteiger partial charge in [0.05, 0.1) is 5.54 Å². The fraction of sp³-hybridized carbons (Fsp3) is 0.800. The highest BCUT2D eigenvalue weighted by Gasteiger charge is 2.12. The lowest BCUT2D eigenvalue weighted by molar-refractivity contribution is 0.504. The van der Waals surface area contributed by atoms with E-state index in [1.54, 1.807) is 0 Å².